The lowest BCUT2D eigenvalue weighted by atomic mass is 10.2. The summed E-state index contributed by atoms with van der Waals surface area (Å²) in [6.45, 7) is 2.85. The number of nitrogens with zero attached hydrogens (tertiary/aromatic N) is 8. The second kappa shape index (κ2) is 10.5. The summed E-state index contributed by atoms with van der Waals surface area (Å²) in [5.41, 5.74) is 2.71. The molecule has 0 aliphatic heterocycles. The van der Waals surface area contributed by atoms with Crippen molar-refractivity contribution in [3.8, 4) is 0 Å². The third-order valence-corrected chi connectivity index (χ3v) is 6.25. The number of hydrogen-bond acceptors (Lipinski definition) is 6. The number of halogens is 2. The van der Waals surface area contributed by atoms with Crippen molar-refractivity contribution >= 4 is 23.2 Å². The molecule has 0 spiro atoms. The van der Waals surface area contributed by atoms with Crippen LogP contribution in [0.25, 0.3) is 0 Å². The van der Waals surface area contributed by atoms with Gasteiger partial charge < -0.3 is 0 Å². The fourth-order valence-electron chi connectivity index (χ4n) is 3.92. The van der Waals surface area contributed by atoms with E-state index in [1.165, 1.54) is 10.8 Å². The molecule has 3 heterocycles. The third-order valence-electron chi connectivity index (χ3n) is 5.75. The van der Waals surface area contributed by atoms with E-state index in [-0.39, 0.29) is 18.6 Å². The molecule has 0 aliphatic carbocycles. The van der Waals surface area contributed by atoms with Crippen LogP contribution in [0.4, 0.5) is 0 Å². The molecule has 0 bridgehead atoms. The maximum atomic E-state index is 13.2. The highest BCUT2D eigenvalue weighted by Crippen LogP contribution is 2.12. The Balaban J connectivity index is 1.33. The minimum absolute atomic E-state index is 0.00320. The predicted molar refractivity (Wildman–Crippen MR) is 139 cm³/mol. The van der Waals surface area contributed by atoms with E-state index < -0.39 is 5.69 Å². The van der Waals surface area contributed by atoms with Gasteiger partial charge >= 0.3 is 5.69 Å². The van der Waals surface area contributed by atoms with Gasteiger partial charge in [0.1, 0.15) is 11.4 Å². The molecule has 0 radical (unpaired) electrons. The quantitative estimate of drug-likeness (QED) is 0.302. The zero-order valence-corrected chi connectivity index (χ0v) is 21.3. The zero-order chi connectivity index (χ0) is 25.9. The molecular weight excluding hydrogens is 515 g/mol. The molecule has 5 aromatic rings. The Labute approximate surface area is 221 Å². The van der Waals surface area contributed by atoms with Crippen molar-refractivity contribution in [3.63, 3.8) is 0 Å². The highest BCUT2D eigenvalue weighted by atomic mass is 35.5. The van der Waals surface area contributed by atoms with Crippen molar-refractivity contribution < 1.29 is 0 Å². The summed E-state index contributed by atoms with van der Waals surface area (Å²) in [5, 5.41) is 17.9. The summed E-state index contributed by atoms with van der Waals surface area (Å²) >= 11 is 11.9. The van der Waals surface area contributed by atoms with Crippen LogP contribution in [0.1, 0.15) is 28.1 Å². The van der Waals surface area contributed by atoms with Gasteiger partial charge in [-0.05, 0) is 42.3 Å². The van der Waals surface area contributed by atoms with Gasteiger partial charge in [-0.15, -0.1) is 10.2 Å². The van der Waals surface area contributed by atoms with Crippen molar-refractivity contribution in [2.45, 2.75) is 33.1 Å². The zero-order valence-electron chi connectivity index (χ0n) is 19.8. The molecule has 0 fully saturated rings. The summed E-state index contributed by atoms with van der Waals surface area (Å²) in [6, 6.07) is 14.9. The van der Waals surface area contributed by atoms with Gasteiger partial charge in [0.05, 0.1) is 38.6 Å². The summed E-state index contributed by atoms with van der Waals surface area (Å²) < 4.78 is 5.94. The molecule has 12 heteroatoms. The number of hydrogen-bond donors (Lipinski definition) is 0. The van der Waals surface area contributed by atoms with Crippen molar-refractivity contribution in [1.82, 2.24) is 39.1 Å². The molecule has 0 N–H and O–H groups in total. The van der Waals surface area contributed by atoms with E-state index in [2.05, 4.69) is 20.6 Å². The number of aromatic nitrogens is 8. The SMILES string of the molecule is Cc1cn(Cc2cn(Cc3ccc(Cl)cc3)nn2)c(=O)n(Cc2cn(Cc3ccc(Cl)cc3)nn2)c1=O. The minimum Gasteiger partial charge on any atom is -0.294 e. The van der Waals surface area contributed by atoms with Crippen molar-refractivity contribution in [2.24, 2.45) is 0 Å². The Morgan fingerprint density at radius 3 is 1.68 bits per heavy atom. The van der Waals surface area contributed by atoms with Crippen LogP contribution in [0.5, 0.6) is 0 Å². The lowest BCUT2D eigenvalue weighted by molar-refractivity contribution is 0.593. The average molecular weight is 537 g/mol. The Bertz CT molecular complexity index is 1650. The second-order valence-corrected chi connectivity index (χ2v) is 9.55. The highest BCUT2D eigenvalue weighted by Gasteiger charge is 2.13. The maximum Gasteiger partial charge on any atom is 0.331 e. The molecule has 5 rings (SSSR count). The topological polar surface area (TPSA) is 105 Å². The summed E-state index contributed by atoms with van der Waals surface area (Å²) in [5.74, 6) is 0. The maximum absolute atomic E-state index is 13.2. The summed E-state index contributed by atoms with van der Waals surface area (Å²) in [7, 11) is 0. The number of aryl methyl sites for hydroxylation is 1. The van der Waals surface area contributed by atoms with Crippen LogP contribution in [-0.4, -0.2) is 39.1 Å². The first-order valence-corrected chi connectivity index (χ1v) is 12.2. The van der Waals surface area contributed by atoms with Gasteiger partial charge in [-0.1, -0.05) is 57.9 Å². The molecule has 0 aliphatic rings. The van der Waals surface area contributed by atoms with Crippen molar-refractivity contribution in [2.75, 3.05) is 0 Å². The van der Waals surface area contributed by atoms with Gasteiger partial charge in [0.15, 0.2) is 0 Å². The molecule has 37 heavy (non-hydrogen) atoms. The van der Waals surface area contributed by atoms with E-state index in [0.29, 0.717) is 40.1 Å². The van der Waals surface area contributed by atoms with Crippen LogP contribution in [0.2, 0.25) is 10.0 Å². The molecule has 3 aromatic heterocycles. The number of benzene rings is 2. The first-order chi connectivity index (χ1) is 17.8. The van der Waals surface area contributed by atoms with Gasteiger partial charge in [0, 0.05) is 21.8 Å². The first kappa shape index (κ1) is 24.7. The molecule has 0 amide bonds. The fourth-order valence-corrected chi connectivity index (χ4v) is 4.17. The Morgan fingerprint density at radius 2 is 1.16 bits per heavy atom. The van der Waals surface area contributed by atoms with Crippen LogP contribution < -0.4 is 11.2 Å². The van der Waals surface area contributed by atoms with Gasteiger partial charge in [-0.2, -0.15) is 0 Å². The van der Waals surface area contributed by atoms with E-state index in [9.17, 15) is 9.59 Å². The monoisotopic (exact) mass is 536 g/mol. The van der Waals surface area contributed by atoms with Crippen molar-refractivity contribution in [1.29, 1.82) is 0 Å². The Kier molecular flexibility index (Phi) is 7.02. The van der Waals surface area contributed by atoms with E-state index in [1.807, 2.05) is 36.4 Å². The molecule has 0 atom stereocenters. The average Bonchev–Trinajstić information content (AvgIpc) is 3.52. The molecule has 188 valence electrons. The van der Waals surface area contributed by atoms with Crippen LogP contribution in [0, 0.1) is 6.92 Å². The van der Waals surface area contributed by atoms with Gasteiger partial charge in [0.25, 0.3) is 5.56 Å². The molecular formula is C25H22Cl2N8O2. The van der Waals surface area contributed by atoms with Gasteiger partial charge in [0.2, 0.25) is 0 Å². The van der Waals surface area contributed by atoms with E-state index in [4.69, 9.17) is 23.2 Å². The summed E-state index contributed by atoms with van der Waals surface area (Å²) in [4.78, 5) is 26.0. The van der Waals surface area contributed by atoms with Crippen LogP contribution in [-0.2, 0) is 26.2 Å². The Morgan fingerprint density at radius 1 is 0.676 bits per heavy atom. The van der Waals surface area contributed by atoms with Crippen LogP contribution >= 0.6 is 23.2 Å². The van der Waals surface area contributed by atoms with Crippen LogP contribution in [0.3, 0.4) is 0 Å². The lowest BCUT2D eigenvalue weighted by Gasteiger charge is -2.09. The largest absolute Gasteiger partial charge is 0.331 e. The van der Waals surface area contributed by atoms with Crippen molar-refractivity contribution in [3.05, 3.63) is 126 Å². The molecule has 2 aromatic carbocycles. The highest BCUT2D eigenvalue weighted by molar-refractivity contribution is 6.30. The van der Waals surface area contributed by atoms with E-state index in [1.54, 1.807) is 40.8 Å². The second-order valence-electron chi connectivity index (χ2n) is 8.68. The fraction of sp³-hybridized carbons (Fsp3) is 0.200. The molecule has 0 unspecified atom stereocenters. The number of rotatable bonds is 8. The normalized spacial score (nSPS) is 11.2. The smallest absolute Gasteiger partial charge is 0.294 e. The molecule has 0 saturated heterocycles. The van der Waals surface area contributed by atoms with E-state index >= 15 is 0 Å². The summed E-state index contributed by atoms with van der Waals surface area (Å²) in [6.07, 6.45) is 5.03. The third kappa shape index (κ3) is 5.87. The standard InChI is InChI=1S/C25H22Cl2N8O2/c1-17-10-32(13-22-14-33(30-28-22)11-18-2-6-20(26)7-3-18)25(37)35(24(17)36)16-23-15-34(31-29-23)12-19-4-8-21(27)9-5-19/h2-10,14-15H,11-13,16H2,1H3. The minimum atomic E-state index is -0.463. The molecule has 10 nitrogen and oxygen atoms in total. The molecule has 0 saturated carbocycles. The van der Waals surface area contributed by atoms with Crippen LogP contribution in [0.15, 0.2) is 76.7 Å². The van der Waals surface area contributed by atoms with Gasteiger partial charge in [-0.3, -0.25) is 13.9 Å². The van der Waals surface area contributed by atoms with E-state index in [0.717, 1.165) is 15.7 Å². The first-order valence-electron chi connectivity index (χ1n) is 11.4. The van der Waals surface area contributed by atoms with Gasteiger partial charge in [-0.25, -0.2) is 14.2 Å². The predicted octanol–water partition coefficient (Wildman–Crippen LogP) is 3.00. The Hall–Kier alpha value is -4.02. The lowest BCUT2D eigenvalue weighted by Crippen LogP contribution is -2.41.